The molecule has 64 valence electrons. The maximum atomic E-state index is 11.0. The maximum Gasteiger partial charge on any atom is 0.150 e. The minimum atomic E-state index is -2.98. The number of sulfone groups is 1. The Morgan fingerprint density at radius 1 is 1.45 bits per heavy atom. The smallest absolute Gasteiger partial charge is 0.150 e. The SMILES string of the molecule is CS(=O)(=O)[C@H]1CCCC(=O)C1. The second-order valence-electron chi connectivity index (χ2n) is 3.09. The number of Topliss-reactive ketones (excluding diaryl/α,β-unsaturated/α-hetero) is 1. The van der Waals surface area contributed by atoms with Crippen molar-refractivity contribution in [1.29, 1.82) is 0 Å². The van der Waals surface area contributed by atoms with E-state index >= 15 is 0 Å². The first-order chi connectivity index (χ1) is 5.00. The van der Waals surface area contributed by atoms with E-state index in [-0.39, 0.29) is 12.2 Å². The third-order valence-corrected chi connectivity index (χ3v) is 3.66. The van der Waals surface area contributed by atoms with E-state index in [4.69, 9.17) is 0 Å². The summed E-state index contributed by atoms with van der Waals surface area (Å²) in [5.74, 6) is 0.0895. The van der Waals surface area contributed by atoms with Crippen molar-refractivity contribution in [2.24, 2.45) is 0 Å². The number of hydrogen-bond acceptors (Lipinski definition) is 3. The fourth-order valence-electron chi connectivity index (χ4n) is 1.35. The summed E-state index contributed by atoms with van der Waals surface area (Å²) < 4.78 is 22.0. The van der Waals surface area contributed by atoms with Crippen molar-refractivity contribution in [3.05, 3.63) is 0 Å². The van der Waals surface area contributed by atoms with Crippen molar-refractivity contribution in [3.63, 3.8) is 0 Å². The van der Waals surface area contributed by atoms with Crippen LogP contribution in [0.5, 0.6) is 0 Å². The van der Waals surface area contributed by atoms with Gasteiger partial charge in [-0.25, -0.2) is 8.42 Å². The quantitative estimate of drug-likeness (QED) is 0.586. The van der Waals surface area contributed by atoms with Gasteiger partial charge in [0.2, 0.25) is 0 Å². The van der Waals surface area contributed by atoms with Gasteiger partial charge < -0.3 is 0 Å². The number of rotatable bonds is 1. The summed E-state index contributed by atoms with van der Waals surface area (Å²) in [6, 6.07) is 0. The Bertz CT molecular complexity index is 253. The highest BCUT2D eigenvalue weighted by Crippen LogP contribution is 2.20. The Labute approximate surface area is 66.7 Å². The summed E-state index contributed by atoms with van der Waals surface area (Å²) in [4.78, 5) is 10.9. The molecule has 1 atom stereocenters. The third kappa shape index (κ3) is 2.29. The molecule has 0 aromatic carbocycles. The van der Waals surface area contributed by atoms with Crippen LogP contribution in [0.1, 0.15) is 25.7 Å². The van der Waals surface area contributed by atoms with Crippen LogP contribution in [0.4, 0.5) is 0 Å². The molecule has 1 fully saturated rings. The molecule has 0 amide bonds. The highest BCUT2D eigenvalue weighted by atomic mass is 32.2. The monoisotopic (exact) mass is 176 g/mol. The van der Waals surface area contributed by atoms with Crippen LogP contribution >= 0.6 is 0 Å². The molecule has 0 aromatic rings. The summed E-state index contributed by atoms with van der Waals surface area (Å²) in [6.45, 7) is 0. The molecule has 11 heavy (non-hydrogen) atoms. The molecule has 3 nitrogen and oxygen atoms in total. The van der Waals surface area contributed by atoms with Gasteiger partial charge in [0.1, 0.15) is 5.78 Å². The van der Waals surface area contributed by atoms with Crippen molar-refractivity contribution in [2.45, 2.75) is 30.9 Å². The second kappa shape index (κ2) is 2.93. The molecule has 0 N–H and O–H groups in total. The summed E-state index contributed by atoms with van der Waals surface area (Å²) in [5.41, 5.74) is 0. The lowest BCUT2D eigenvalue weighted by Gasteiger charge is -2.18. The fourth-order valence-corrected chi connectivity index (χ4v) is 2.43. The van der Waals surface area contributed by atoms with Crippen LogP contribution in [-0.2, 0) is 14.6 Å². The van der Waals surface area contributed by atoms with Gasteiger partial charge in [-0.05, 0) is 12.8 Å². The predicted molar refractivity (Wildman–Crippen MR) is 42.1 cm³/mol. The van der Waals surface area contributed by atoms with Crippen LogP contribution in [-0.4, -0.2) is 25.7 Å². The molecule has 0 aliphatic heterocycles. The summed E-state index contributed by atoms with van der Waals surface area (Å²) in [5, 5.41) is -0.399. The molecule has 1 rings (SSSR count). The first kappa shape index (κ1) is 8.71. The van der Waals surface area contributed by atoms with Gasteiger partial charge in [0, 0.05) is 19.1 Å². The normalized spacial score (nSPS) is 27.0. The summed E-state index contributed by atoms with van der Waals surface area (Å²) in [6.07, 6.45) is 3.39. The van der Waals surface area contributed by atoms with E-state index in [9.17, 15) is 13.2 Å². The molecule has 0 heterocycles. The molecular formula is C7H12O3S. The van der Waals surface area contributed by atoms with Crippen molar-refractivity contribution in [2.75, 3.05) is 6.26 Å². The lowest BCUT2D eigenvalue weighted by molar-refractivity contribution is -0.120. The molecule has 0 bridgehead atoms. The Hall–Kier alpha value is -0.380. The summed E-state index contributed by atoms with van der Waals surface area (Å²) in [7, 11) is -2.98. The molecule has 0 saturated heterocycles. The van der Waals surface area contributed by atoms with Crippen LogP contribution in [0.3, 0.4) is 0 Å². The number of carbonyl (C=O) groups excluding carboxylic acids is 1. The molecule has 0 unspecified atom stereocenters. The van der Waals surface area contributed by atoms with Crippen molar-refractivity contribution < 1.29 is 13.2 Å². The molecule has 1 aliphatic rings. The maximum absolute atomic E-state index is 11.0. The molecule has 4 heteroatoms. The number of ketones is 1. The van der Waals surface area contributed by atoms with E-state index in [0.717, 1.165) is 6.42 Å². The van der Waals surface area contributed by atoms with Gasteiger partial charge >= 0.3 is 0 Å². The average molecular weight is 176 g/mol. The molecular weight excluding hydrogens is 164 g/mol. The van der Waals surface area contributed by atoms with Gasteiger partial charge in [-0.1, -0.05) is 0 Å². The Kier molecular flexibility index (Phi) is 2.32. The number of carbonyl (C=O) groups is 1. The molecule has 1 aliphatic carbocycles. The zero-order chi connectivity index (χ0) is 8.48. The standard InChI is InChI=1S/C7H12O3S/c1-11(9,10)7-4-2-3-6(8)5-7/h7H,2-5H2,1H3/t7-/m0/s1. The summed E-state index contributed by atoms with van der Waals surface area (Å²) >= 11 is 0. The van der Waals surface area contributed by atoms with Crippen LogP contribution in [0.25, 0.3) is 0 Å². The van der Waals surface area contributed by atoms with E-state index in [1.165, 1.54) is 6.26 Å². The van der Waals surface area contributed by atoms with Gasteiger partial charge in [0.15, 0.2) is 9.84 Å². The third-order valence-electron chi connectivity index (χ3n) is 2.04. The average Bonchev–Trinajstić information content (AvgIpc) is 1.86. The second-order valence-corrected chi connectivity index (χ2v) is 5.41. The zero-order valence-corrected chi connectivity index (χ0v) is 7.36. The van der Waals surface area contributed by atoms with Gasteiger partial charge in [-0.2, -0.15) is 0 Å². The predicted octanol–water partition coefficient (Wildman–Crippen LogP) is 0.543. The molecule has 0 radical (unpaired) electrons. The van der Waals surface area contributed by atoms with E-state index < -0.39 is 15.1 Å². The highest BCUT2D eigenvalue weighted by Gasteiger charge is 2.26. The van der Waals surface area contributed by atoms with Crippen molar-refractivity contribution in [1.82, 2.24) is 0 Å². The Morgan fingerprint density at radius 2 is 2.09 bits per heavy atom. The van der Waals surface area contributed by atoms with Crippen LogP contribution in [0.15, 0.2) is 0 Å². The first-order valence-corrected chi connectivity index (χ1v) is 5.66. The van der Waals surface area contributed by atoms with Gasteiger partial charge in [0.05, 0.1) is 5.25 Å². The fraction of sp³-hybridized carbons (Fsp3) is 0.857. The van der Waals surface area contributed by atoms with Crippen LogP contribution in [0, 0.1) is 0 Å². The minimum absolute atomic E-state index is 0.0895. The first-order valence-electron chi connectivity index (χ1n) is 3.71. The van der Waals surface area contributed by atoms with Gasteiger partial charge in [-0.3, -0.25) is 4.79 Å². The zero-order valence-electron chi connectivity index (χ0n) is 6.54. The number of hydrogen-bond donors (Lipinski definition) is 0. The van der Waals surface area contributed by atoms with E-state index in [0.29, 0.717) is 12.8 Å². The van der Waals surface area contributed by atoms with Crippen LogP contribution in [0.2, 0.25) is 0 Å². The van der Waals surface area contributed by atoms with Gasteiger partial charge in [0.25, 0.3) is 0 Å². The Balaban J connectivity index is 2.68. The van der Waals surface area contributed by atoms with Crippen LogP contribution < -0.4 is 0 Å². The Morgan fingerprint density at radius 3 is 2.45 bits per heavy atom. The van der Waals surface area contributed by atoms with E-state index in [2.05, 4.69) is 0 Å². The molecule has 0 aromatic heterocycles. The lowest BCUT2D eigenvalue weighted by atomic mass is 9.99. The van der Waals surface area contributed by atoms with E-state index in [1.807, 2.05) is 0 Å². The van der Waals surface area contributed by atoms with Gasteiger partial charge in [-0.15, -0.1) is 0 Å². The highest BCUT2D eigenvalue weighted by molar-refractivity contribution is 7.91. The molecule has 0 spiro atoms. The van der Waals surface area contributed by atoms with E-state index in [1.54, 1.807) is 0 Å². The van der Waals surface area contributed by atoms with Crippen molar-refractivity contribution in [3.8, 4) is 0 Å². The minimum Gasteiger partial charge on any atom is -0.300 e. The van der Waals surface area contributed by atoms with Crippen molar-refractivity contribution >= 4 is 15.6 Å². The largest absolute Gasteiger partial charge is 0.300 e. The molecule has 1 saturated carbocycles. The topological polar surface area (TPSA) is 51.2 Å². The lowest BCUT2D eigenvalue weighted by Crippen LogP contribution is -2.27.